The molecule has 0 radical (unpaired) electrons. The quantitative estimate of drug-likeness (QED) is 0.864. The molecule has 1 heterocycles. The van der Waals surface area contributed by atoms with Crippen molar-refractivity contribution in [3.05, 3.63) is 64.4 Å². The summed E-state index contributed by atoms with van der Waals surface area (Å²) in [5, 5.41) is 3.61. The van der Waals surface area contributed by atoms with Crippen molar-refractivity contribution < 1.29 is 4.79 Å². The molecule has 0 fully saturated rings. The van der Waals surface area contributed by atoms with Gasteiger partial charge < -0.3 is 5.32 Å². The number of hydrogen-bond acceptors (Lipinski definition) is 2. The Balaban J connectivity index is 1.72. The van der Waals surface area contributed by atoms with Crippen molar-refractivity contribution in [1.82, 2.24) is 10.3 Å². The van der Waals surface area contributed by atoms with Gasteiger partial charge in [0.2, 0.25) is 0 Å². The van der Waals surface area contributed by atoms with Crippen molar-refractivity contribution in [2.75, 3.05) is 0 Å². The SMILES string of the molecule is O=C(NC1CCCc2ccccc2C1)c1cc(Cl)ccn1. The fourth-order valence-corrected chi connectivity index (χ4v) is 2.98. The summed E-state index contributed by atoms with van der Waals surface area (Å²) < 4.78 is 0. The number of amides is 1. The van der Waals surface area contributed by atoms with E-state index in [0.717, 1.165) is 25.7 Å². The average Bonchev–Trinajstić information content (AvgIpc) is 2.68. The predicted molar refractivity (Wildman–Crippen MR) is 83.6 cm³/mol. The summed E-state index contributed by atoms with van der Waals surface area (Å²) in [6.07, 6.45) is 5.59. The van der Waals surface area contributed by atoms with E-state index >= 15 is 0 Å². The van der Waals surface area contributed by atoms with E-state index in [1.165, 1.54) is 11.1 Å². The number of fused-ring (bicyclic) bond motifs is 1. The van der Waals surface area contributed by atoms with Gasteiger partial charge in [0.25, 0.3) is 5.91 Å². The lowest BCUT2D eigenvalue weighted by Gasteiger charge is -2.16. The van der Waals surface area contributed by atoms with E-state index in [1.54, 1.807) is 18.3 Å². The summed E-state index contributed by atoms with van der Waals surface area (Å²) in [4.78, 5) is 16.3. The number of pyridine rings is 1. The normalized spacial score (nSPS) is 17.7. The Morgan fingerprint density at radius 1 is 1.24 bits per heavy atom. The lowest BCUT2D eigenvalue weighted by Crippen LogP contribution is -2.36. The smallest absolute Gasteiger partial charge is 0.270 e. The maximum Gasteiger partial charge on any atom is 0.270 e. The van der Waals surface area contributed by atoms with Crippen molar-refractivity contribution in [1.29, 1.82) is 0 Å². The van der Waals surface area contributed by atoms with Crippen LogP contribution in [0.25, 0.3) is 0 Å². The van der Waals surface area contributed by atoms with Crippen molar-refractivity contribution in [3.8, 4) is 0 Å². The van der Waals surface area contributed by atoms with Crippen LogP contribution in [0.5, 0.6) is 0 Å². The Morgan fingerprint density at radius 3 is 2.86 bits per heavy atom. The molecule has 2 aromatic rings. The summed E-state index contributed by atoms with van der Waals surface area (Å²) in [7, 11) is 0. The molecule has 21 heavy (non-hydrogen) atoms. The molecule has 1 aromatic heterocycles. The highest BCUT2D eigenvalue weighted by molar-refractivity contribution is 6.30. The van der Waals surface area contributed by atoms with Crippen LogP contribution in [-0.2, 0) is 12.8 Å². The van der Waals surface area contributed by atoms with Crippen LogP contribution >= 0.6 is 11.6 Å². The Morgan fingerprint density at radius 2 is 2.05 bits per heavy atom. The van der Waals surface area contributed by atoms with Crippen LogP contribution in [0.3, 0.4) is 0 Å². The van der Waals surface area contributed by atoms with Gasteiger partial charge in [-0.25, -0.2) is 0 Å². The third-order valence-corrected chi connectivity index (χ3v) is 4.11. The van der Waals surface area contributed by atoms with Crippen LogP contribution in [0, 0.1) is 0 Å². The Labute approximate surface area is 129 Å². The molecule has 0 aliphatic heterocycles. The number of carbonyl (C=O) groups is 1. The molecule has 1 aliphatic rings. The van der Waals surface area contributed by atoms with E-state index in [-0.39, 0.29) is 11.9 Å². The molecule has 0 saturated heterocycles. The number of hydrogen-bond donors (Lipinski definition) is 1. The zero-order chi connectivity index (χ0) is 14.7. The third-order valence-electron chi connectivity index (χ3n) is 3.87. The van der Waals surface area contributed by atoms with Gasteiger partial charge in [-0.2, -0.15) is 0 Å². The van der Waals surface area contributed by atoms with E-state index in [9.17, 15) is 4.79 Å². The lowest BCUT2D eigenvalue weighted by atomic mass is 10.0. The average molecular weight is 301 g/mol. The molecular formula is C17H17ClN2O. The summed E-state index contributed by atoms with van der Waals surface area (Å²) in [6.45, 7) is 0. The second-order valence-electron chi connectivity index (χ2n) is 5.39. The summed E-state index contributed by atoms with van der Waals surface area (Å²) in [6, 6.07) is 11.9. The second kappa shape index (κ2) is 6.27. The van der Waals surface area contributed by atoms with Gasteiger partial charge in [0.15, 0.2) is 0 Å². The third kappa shape index (κ3) is 3.42. The van der Waals surface area contributed by atoms with E-state index in [4.69, 9.17) is 11.6 Å². The molecule has 0 bridgehead atoms. The van der Waals surface area contributed by atoms with E-state index in [2.05, 4.69) is 34.6 Å². The monoisotopic (exact) mass is 300 g/mol. The number of benzene rings is 1. The summed E-state index contributed by atoms with van der Waals surface area (Å²) >= 11 is 5.90. The molecule has 1 aromatic carbocycles. The number of aryl methyl sites for hydroxylation is 1. The Hall–Kier alpha value is -1.87. The van der Waals surface area contributed by atoms with Gasteiger partial charge in [0.05, 0.1) is 0 Å². The van der Waals surface area contributed by atoms with E-state index < -0.39 is 0 Å². The number of nitrogens with zero attached hydrogens (tertiary/aromatic N) is 1. The molecule has 3 nitrogen and oxygen atoms in total. The van der Waals surface area contributed by atoms with Crippen LogP contribution in [0.4, 0.5) is 0 Å². The molecule has 0 spiro atoms. The van der Waals surface area contributed by atoms with Gasteiger partial charge in [-0.3, -0.25) is 9.78 Å². The van der Waals surface area contributed by atoms with Gasteiger partial charge in [-0.05, 0) is 48.9 Å². The van der Waals surface area contributed by atoms with Gasteiger partial charge in [0.1, 0.15) is 5.69 Å². The first-order valence-corrected chi connectivity index (χ1v) is 7.59. The number of halogens is 1. The Bertz CT molecular complexity index is 657. The van der Waals surface area contributed by atoms with E-state index in [1.807, 2.05) is 0 Å². The molecular weight excluding hydrogens is 284 g/mol. The first kappa shape index (κ1) is 14.1. The maximum absolute atomic E-state index is 12.3. The van der Waals surface area contributed by atoms with Crippen molar-refractivity contribution in [2.45, 2.75) is 31.7 Å². The first-order valence-electron chi connectivity index (χ1n) is 7.21. The highest BCUT2D eigenvalue weighted by Crippen LogP contribution is 2.21. The minimum atomic E-state index is -0.151. The molecule has 4 heteroatoms. The van der Waals surface area contributed by atoms with Crippen LogP contribution in [-0.4, -0.2) is 16.9 Å². The molecule has 1 amide bonds. The molecule has 1 aliphatic carbocycles. The van der Waals surface area contributed by atoms with Crippen LogP contribution in [0.15, 0.2) is 42.6 Å². The summed E-state index contributed by atoms with van der Waals surface area (Å²) in [5.41, 5.74) is 3.11. The minimum absolute atomic E-state index is 0.151. The van der Waals surface area contributed by atoms with Gasteiger partial charge in [0, 0.05) is 17.3 Å². The zero-order valence-corrected chi connectivity index (χ0v) is 12.4. The van der Waals surface area contributed by atoms with Crippen molar-refractivity contribution in [3.63, 3.8) is 0 Å². The number of aromatic nitrogens is 1. The standard InChI is InChI=1S/C17H17ClN2O/c18-14-8-9-19-16(11-14)17(21)20-15-7-3-6-12-4-1-2-5-13(12)10-15/h1-2,4-5,8-9,11,15H,3,6-7,10H2,(H,20,21). The van der Waals surface area contributed by atoms with Crippen LogP contribution < -0.4 is 5.32 Å². The van der Waals surface area contributed by atoms with Crippen molar-refractivity contribution >= 4 is 17.5 Å². The molecule has 108 valence electrons. The van der Waals surface area contributed by atoms with Gasteiger partial charge in [-0.15, -0.1) is 0 Å². The van der Waals surface area contributed by atoms with Crippen LogP contribution in [0.1, 0.15) is 34.5 Å². The fourth-order valence-electron chi connectivity index (χ4n) is 2.82. The second-order valence-corrected chi connectivity index (χ2v) is 5.83. The van der Waals surface area contributed by atoms with Crippen LogP contribution in [0.2, 0.25) is 5.02 Å². The largest absolute Gasteiger partial charge is 0.348 e. The number of carbonyl (C=O) groups excluding carboxylic acids is 1. The molecule has 0 saturated carbocycles. The molecule has 1 atom stereocenters. The highest BCUT2D eigenvalue weighted by atomic mass is 35.5. The number of nitrogens with one attached hydrogen (secondary N) is 1. The van der Waals surface area contributed by atoms with Gasteiger partial charge in [-0.1, -0.05) is 35.9 Å². The zero-order valence-electron chi connectivity index (χ0n) is 11.7. The molecule has 1 unspecified atom stereocenters. The molecule has 1 N–H and O–H groups in total. The Kier molecular flexibility index (Phi) is 4.20. The van der Waals surface area contributed by atoms with E-state index in [0.29, 0.717) is 10.7 Å². The first-order chi connectivity index (χ1) is 10.2. The topological polar surface area (TPSA) is 42.0 Å². The predicted octanol–water partition coefficient (Wildman–Crippen LogP) is 3.41. The van der Waals surface area contributed by atoms with Gasteiger partial charge >= 0.3 is 0 Å². The highest BCUT2D eigenvalue weighted by Gasteiger charge is 2.19. The lowest BCUT2D eigenvalue weighted by molar-refractivity contribution is 0.0930. The summed E-state index contributed by atoms with van der Waals surface area (Å²) in [5.74, 6) is -0.151. The fraction of sp³-hybridized carbons (Fsp3) is 0.294. The maximum atomic E-state index is 12.3. The molecule has 3 rings (SSSR count). The van der Waals surface area contributed by atoms with Crippen molar-refractivity contribution in [2.24, 2.45) is 0 Å². The number of rotatable bonds is 2. The minimum Gasteiger partial charge on any atom is -0.348 e.